The molecule has 0 aliphatic heterocycles. The monoisotopic (exact) mass is 207 g/mol. The molecule has 1 unspecified atom stereocenters. The number of hydrogen-bond acceptors (Lipinski definition) is 6. The number of fused-ring (bicyclic) bond motifs is 1. The Bertz CT molecular complexity index is 464. The predicted molar refractivity (Wildman–Crippen MR) is 56.5 cm³/mol. The van der Waals surface area contributed by atoms with Crippen LogP contribution in [0.1, 0.15) is 12.6 Å². The summed E-state index contributed by atoms with van der Waals surface area (Å²) < 4.78 is 5.14. The number of rotatable bonds is 3. The Morgan fingerprint density at radius 2 is 2.33 bits per heavy atom. The maximum Gasteiger partial charge on any atom is 0.225 e. The highest BCUT2D eigenvalue weighted by atomic mass is 16.3. The molecule has 2 aromatic rings. The first-order chi connectivity index (χ1) is 7.16. The van der Waals surface area contributed by atoms with Gasteiger partial charge in [0.1, 0.15) is 0 Å². The fourth-order valence-corrected chi connectivity index (χ4v) is 1.23. The summed E-state index contributed by atoms with van der Waals surface area (Å²) >= 11 is 0. The lowest BCUT2D eigenvalue weighted by Gasteiger charge is -2.07. The van der Waals surface area contributed by atoms with Gasteiger partial charge in [0.15, 0.2) is 12.0 Å². The van der Waals surface area contributed by atoms with E-state index in [2.05, 4.69) is 20.3 Å². The number of aryl methyl sites for hydroxylation is 1. The van der Waals surface area contributed by atoms with Crippen molar-refractivity contribution in [3.05, 3.63) is 12.1 Å². The van der Waals surface area contributed by atoms with Crippen molar-refractivity contribution in [2.45, 2.75) is 19.9 Å². The van der Waals surface area contributed by atoms with Gasteiger partial charge in [-0.25, -0.2) is 4.98 Å². The lowest BCUT2D eigenvalue weighted by atomic mass is 10.4. The van der Waals surface area contributed by atoms with Gasteiger partial charge in [0.25, 0.3) is 0 Å². The minimum atomic E-state index is 0.0573. The van der Waals surface area contributed by atoms with Crippen molar-refractivity contribution in [1.29, 1.82) is 0 Å². The fourth-order valence-electron chi connectivity index (χ4n) is 1.23. The maximum absolute atomic E-state index is 5.62. The molecule has 15 heavy (non-hydrogen) atoms. The highest BCUT2D eigenvalue weighted by Gasteiger charge is 2.08. The molecule has 80 valence electrons. The van der Waals surface area contributed by atoms with Gasteiger partial charge in [0.2, 0.25) is 11.6 Å². The van der Waals surface area contributed by atoms with E-state index in [0.717, 1.165) is 5.69 Å². The van der Waals surface area contributed by atoms with E-state index >= 15 is 0 Å². The van der Waals surface area contributed by atoms with E-state index in [1.807, 2.05) is 13.8 Å². The van der Waals surface area contributed by atoms with Crippen molar-refractivity contribution in [2.75, 3.05) is 11.9 Å². The molecule has 0 spiro atoms. The molecule has 0 saturated heterocycles. The zero-order valence-corrected chi connectivity index (χ0v) is 8.69. The molecule has 0 radical (unpaired) electrons. The van der Waals surface area contributed by atoms with Gasteiger partial charge in [-0.1, -0.05) is 0 Å². The minimum Gasteiger partial charge on any atom is -0.440 e. The van der Waals surface area contributed by atoms with Gasteiger partial charge in [-0.3, -0.25) is 0 Å². The molecular weight excluding hydrogens is 194 g/mol. The number of hydrogen-bond donors (Lipinski definition) is 2. The van der Waals surface area contributed by atoms with Gasteiger partial charge in [-0.15, -0.1) is 0 Å². The van der Waals surface area contributed by atoms with Crippen LogP contribution in [0.15, 0.2) is 10.8 Å². The number of nitrogens with zero attached hydrogens (tertiary/aromatic N) is 3. The van der Waals surface area contributed by atoms with Gasteiger partial charge in [-0.2, -0.15) is 9.97 Å². The molecule has 6 nitrogen and oxygen atoms in total. The molecule has 0 bridgehead atoms. The summed E-state index contributed by atoms with van der Waals surface area (Å²) in [5, 5.41) is 3.04. The number of nitrogens with one attached hydrogen (secondary N) is 1. The predicted octanol–water partition coefficient (Wildman–Crippen LogP) is 0.685. The first-order valence-corrected chi connectivity index (χ1v) is 4.74. The smallest absolute Gasteiger partial charge is 0.225 e. The molecule has 0 aliphatic rings. The Kier molecular flexibility index (Phi) is 2.51. The van der Waals surface area contributed by atoms with Crippen LogP contribution in [0.4, 0.5) is 5.95 Å². The van der Waals surface area contributed by atoms with Gasteiger partial charge < -0.3 is 15.5 Å². The Morgan fingerprint density at radius 3 is 3.07 bits per heavy atom. The van der Waals surface area contributed by atoms with Crippen molar-refractivity contribution >= 4 is 17.2 Å². The molecule has 0 saturated carbocycles. The Balaban J connectivity index is 2.28. The topological polar surface area (TPSA) is 89.9 Å². The zero-order valence-electron chi connectivity index (χ0n) is 8.69. The highest BCUT2D eigenvalue weighted by Crippen LogP contribution is 2.14. The zero-order chi connectivity index (χ0) is 10.8. The van der Waals surface area contributed by atoms with Crippen molar-refractivity contribution < 1.29 is 4.42 Å². The molecule has 0 fully saturated rings. The lowest BCUT2D eigenvalue weighted by Crippen LogP contribution is -2.26. The third-order valence-electron chi connectivity index (χ3n) is 1.94. The average molecular weight is 207 g/mol. The lowest BCUT2D eigenvalue weighted by molar-refractivity contribution is 0.597. The van der Waals surface area contributed by atoms with Crippen LogP contribution in [0.5, 0.6) is 0 Å². The Morgan fingerprint density at radius 1 is 1.53 bits per heavy atom. The van der Waals surface area contributed by atoms with E-state index < -0.39 is 0 Å². The van der Waals surface area contributed by atoms with Crippen molar-refractivity contribution in [3.8, 4) is 0 Å². The second-order valence-corrected chi connectivity index (χ2v) is 3.50. The summed E-state index contributed by atoms with van der Waals surface area (Å²) in [5.41, 5.74) is 7.58. The summed E-state index contributed by atoms with van der Waals surface area (Å²) in [6.07, 6.45) is 1.36. The van der Waals surface area contributed by atoms with Crippen LogP contribution < -0.4 is 11.1 Å². The largest absolute Gasteiger partial charge is 0.440 e. The average Bonchev–Trinajstić information content (AvgIpc) is 2.63. The number of aromatic nitrogens is 3. The van der Waals surface area contributed by atoms with Gasteiger partial charge in [0, 0.05) is 12.6 Å². The van der Waals surface area contributed by atoms with Crippen LogP contribution in [0.3, 0.4) is 0 Å². The van der Waals surface area contributed by atoms with Crippen molar-refractivity contribution in [1.82, 2.24) is 15.0 Å². The minimum absolute atomic E-state index is 0.0573. The quantitative estimate of drug-likeness (QED) is 0.769. The van der Waals surface area contributed by atoms with E-state index in [4.69, 9.17) is 10.2 Å². The summed E-state index contributed by atoms with van der Waals surface area (Å²) in [6.45, 7) is 4.39. The molecule has 2 heterocycles. The number of nitrogens with two attached hydrogens (primary N) is 1. The van der Waals surface area contributed by atoms with Crippen LogP contribution in [0, 0.1) is 6.92 Å². The highest BCUT2D eigenvalue weighted by molar-refractivity contribution is 5.71. The molecule has 3 N–H and O–H groups in total. The standard InChI is InChI=1S/C9H13N5O/c1-5(10)3-11-9-13-6(2)7-8(14-9)12-4-15-7/h4-5H,3,10H2,1-2H3,(H,11,13,14). The normalized spacial score (nSPS) is 13.0. The first-order valence-electron chi connectivity index (χ1n) is 4.74. The molecule has 0 aromatic carbocycles. The summed E-state index contributed by atoms with van der Waals surface area (Å²) in [5.74, 6) is 0.534. The number of oxazole rings is 1. The third-order valence-corrected chi connectivity index (χ3v) is 1.94. The van der Waals surface area contributed by atoms with E-state index in [1.165, 1.54) is 6.39 Å². The van der Waals surface area contributed by atoms with E-state index in [1.54, 1.807) is 0 Å². The van der Waals surface area contributed by atoms with Crippen LogP contribution in [-0.4, -0.2) is 27.5 Å². The number of anilines is 1. The molecule has 1 atom stereocenters. The molecule has 0 aliphatic carbocycles. The summed E-state index contributed by atoms with van der Waals surface area (Å²) in [7, 11) is 0. The Hall–Kier alpha value is -1.69. The van der Waals surface area contributed by atoms with Crippen LogP contribution in [0.2, 0.25) is 0 Å². The van der Waals surface area contributed by atoms with Gasteiger partial charge >= 0.3 is 0 Å². The van der Waals surface area contributed by atoms with Gasteiger partial charge in [-0.05, 0) is 13.8 Å². The second-order valence-electron chi connectivity index (χ2n) is 3.50. The summed E-state index contributed by atoms with van der Waals surface area (Å²) in [4.78, 5) is 12.4. The molecule has 2 aromatic heterocycles. The summed E-state index contributed by atoms with van der Waals surface area (Å²) in [6, 6.07) is 0.0573. The van der Waals surface area contributed by atoms with Crippen LogP contribution in [-0.2, 0) is 0 Å². The van der Waals surface area contributed by atoms with E-state index in [0.29, 0.717) is 23.7 Å². The molecule has 0 amide bonds. The molecular formula is C9H13N5O. The van der Waals surface area contributed by atoms with E-state index in [-0.39, 0.29) is 6.04 Å². The second kappa shape index (κ2) is 3.82. The third kappa shape index (κ3) is 2.04. The van der Waals surface area contributed by atoms with Crippen molar-refractivity contribution in [2.24, 2.45) is 5.73 Å². The Labute approximate surface area is 86.9 Å². The molecule has 6 heteroatoms. The first kappa shape index (κ1) is 9.85. The van der Waals surface area contributed by atoms with Crippen LogP contribution >= 0.6 is 0 Å². The maximum atomic E-state index is 5.62. The SMILES string of the molecule is Cc1nc(NCC(C)N)nc2ncoc12. The fraction of sp³-hybridized carbons (Fsp3) is 0.444. The van der Waals surface area contributed by atoms with Crippen LogP contribution in [0.25, 0.3) is 11.2 Å². The van der Waals surface area contributed by atoms with Crippen molar-refractivity contribution in [3.63, 3.8) is 0 Å². The molecule has 2 rings (SSSR count). The van der Waals surface area contributed by atoms with E-state index in [9.17, 15) is 0 Å². The van der Waals surface area contributed by atoms with Gasteiger partial charge in [0.05, 0.1) is 5.69 Å².